The molecule has 0 aromatic heterocycles. The van der Waals surface area contributed by atoms with Crippen LogP contribution in [-0.4, -0.2) is 18.7 Å². The first-order valence-electron chi connectivity index (χ1n) is 5.29. The summed E-state index contributed by atoms with van der Waals surface area (Å²) in [6.07, 6.45) is -1.87. The van der Waals surface area contributed by atoms with Crippen LogP contribution in [0, 0.1) is 6.92 Å². The van der Waals surface area contributed by atoms with E-state index in [4.69, 9.17) is 17.3 Å². The molecule has 3 nitrogen and oxygen atoms in total. The first-order valence-corrected chi connectivity index (χ1v) is 5.67. The lowest BCUT2D eigenvalue weighted by molar-refractivity contribution is -0.149. The lowest BCUT2D eigenvalue weighted by Gasteiger charge is -2.17. The van der Waals surface area contributed by atoms with E-state index < -0.39 is 18.2 Å². The average Bonchev–Trinajstić information content (AvgIpc) is 2.27. The van der Waals surface area contributed by atoms with Crippen molar-refractivity contribution in [3.8, 4) is 0 Å². The highest BCUT2D eigenvalue weighted by atomic mass is 35.5. The van der Waals surface area contributed by atoms with Gasteiger partial charge in [0.05, 0.1) is 12.6 Å². The first-order chi connectivity index (χ1) is 7.97. The van der Waals surface area contributed by atoms with Crippen molar-refractivity contribution in [3.63, 3.8) is 0 Å². The molecule has 0 fully saturated rings. The molecule has 0 aliphatic carbocycles. The summed E-state index contributed by atoms with van der Waals surface area (Å²) < 4.78 is 18.3. The number of hydrogen-bond acceptors (Lipinski definition) is 3. The SMILES string of the molecule is CCOC(=O)C(F)[C@H](N)c1ccc(Cl)cc1C.Cl. The molecular weight excluding hydrogens is 280 g/mol. The van der Waals surface area contributed by atoms with Crippen LogP contribution in [0.2, 0.25) is 5.02 Å². The van der Waals surface area contributed by atoms with Gasteiger partial charge in [-0.3, -0.25) is 0 Å². The zero-order valence-electron chi connectivity index (χ0n) is 10.2. The molecule has 0 aliphatic heterocycles. The molecule has 0 spiro atoms. The minimum absolute atomic E-state index is 0. The summed E-state index contributed by atoms with van der Waals surface area (Å²) in [5.41, 5.74) is 7.00. The second kappa shape index (κ2) is 7.56. The number of carbonyl (C=O) groups is 1. The predicted octanol–water partition coefficient (Wildman–Crippen LogP) is 2.97. The van der Waals surface area contributed by atoms with Gasteiger partial charge in [0.15, 0.2) is 0 Å². The van der Waals surface area contributed by atoms with Gasteiger partial charge >= 0.3 is 5.97 Å². The van der Waals surface area contributed by atoms with Crippen LogP contribution in [-0.2, 0) is 9.53 Å². The number of benzene rings is 1. The Labute approximate surface area is 117 Å². The van der Waals surface area contributed by atoms with Gasteiger partial charge < -0.3 is 10.5 Å². The maximum Gasteiger partial charge on any atom is 0.342 e. The molecule has 2 atom stereocenters. The maximum absolute atomic E-state index is 13.7. The van der Waals surface area contributed by atoms with Crippen molar-refractivity contribution >= 4 is 30.0 Å². The number of halogens is 3. The molecule has 1 rings (SSSR count). The Hall–Kier alpha value is -0.840. The fraction of sp³-hybridized carbons (Fsp3) is 0.417. The summed E-state index contributed by atoms with van der Waals surface area (Å²) in [7, 11) is 0. The predicted molar refractivity (Wildman–Crippen MR) is 71.9 cm³/mol. The van der Waals surface area contributed by atoms with Gasteiger partial charge in [0.2, 0.25) is 6.17 Å². The van der Waals surface area contributed by atoms with Gasteiger partial charge in [0.1, 0.15) is 0 Å². The Morgan fingerprint density at radius 3 is 2.67 bits per heavy atom. The third kappa shape index (κ3) is 4.12. The highest BCUT2D eigenvalue weighted by Crippen LogP contribution is 2.24. The Morgan fingerprint density at radius 2 is 2.17 bits per heavy atom. The molecule has 1 unspecified atom stereocenters. The average molecular weight is 296 g/mol. The van der Waals surface area contributed by atoms with Crippen LogP contribution >= 0.6 is 24.0 Å². The summed E-state index contributed by atoms with van der Waals surface area (Å²) in [5.74, 6) is -0.936. The normalized spacial score (nSPS) is 13.4. The highest BCUT2D eigenvalue weighted by Gasteiger charge is 2.28. The molecule has 102 valence electrons. The molecule has 0 saturated heterocycles. The lowest BCUT2D eigenvalue weighted by atomic mass is 9.98. The Bertz CT molecular complexity index is 415. The van der Waals surface area contributed by atoms with Crippen LogP contribution < -0.4 is 5.73 Å². The molecule has 0 saturated carbocycles. The van der Waals surface area contributed by atoms with Crippen molar-refractivity contribution in [1.82, 2.24) is 0 Å². The van der Waals surface area contributed by atoms with Crippen molar-refractivity contribution in [2.75, 3.05) is 6.61 Å². The van der Waals surface area contributed by atoms with Crippen LogP contribution in [0.1, 0.15) is 24.1 Å². The molecule has 1 aromatic carbocycles. The van der Waals surface area contributed by atoms with Gasteiger partial charge in [0, 0.05) is 5.02 Å². The minimum atomic E-state index is -1.87. The van der Waals surface area contributed by atoms with E-state index in [9.17, 15) is 9.18 Å². The molecule has 0 bridgehead atoms. The molecule has 6 heteroatoms. The monoisotopic (exact) mass is 295 g/mol. The molecule has 18 heavy (non-hydrogen) atoms. The van der Waals surface area contributed by atoms with E-state index >= 15 is 0 Å². The summed E-state index contributed by atoms with van der Waals surface area (Å²) in [6.45, 7) is 3.51. The van der Waals surface area contributed by atoms with Crippen LogP contribution in [0.4, 0.5) is 4.39 Å². The number of rotatable bonds is 4. The fourth-order valence-corrected chi connectivity index (χ4v) is 1.77. The van der Waals surface area contributed by atoms with Crippen molar-refractivity contribution in [3.05, 3.63) is 34.3 Å². The van der Waals surface area contributed by atoms with Gasteiger partial charge in [-0.1, -0.05) is 17.7 Å². The minimum Gasteiger partial charge on any atom is -0.464 e. The quantitative estimate of drug-likeness (QED) is 0.869. The number of alkyl halides is 1. The Morgan fingerprint density at radius 1 is 1.56 bits per heavy atom. The summed E-state index contributed by atoms with van der Waals surface area (Å²) in [5, 5.41) is 0.546. The smallest absolute Gasteiger partial charge is 0.342 e. The van der Waals surface area contributed by atoms with Crippen molar-refractivity contribution < 1.29 is 13.9 Å². The van der Waals surface area contributed by atoms with Crippen LogP contribution in [0.15, 0.2) is 18.2 Å². The third-order valence-corrected chi connectivity index (χ3v) is 2.65. The number of ether oxygens (including phenoxy) is 1. The van der Waals surface area contributed by atoms with Gasteiger partial charge in [-0.25, -0.2) is 9.18 Å². The summed E-state index contributed by atoms with van der Waals surface area (Å²) in [4.78, 5) is 11.2. The molecule has 0 radical (unpaired) electrons. The van der Waals surface area contributed by atoms with Gasteiger partial charge in [-0.05, 0) is 37.1 Å². The molecule has 0 heterocycles. The van der Waals surface area contributed by atoms with Crippen molar-refractivity contribution in [2.45, 2.75) is 26.1 Å². The third-order valence-electron chi connectivity index (χ3n) is 2.42. The number of hydrogen-bond donors (Lipinski definition) is 1. The number of nitrogens with two attached hydrogens (primary N) is 1. The molecule has 0 aliphatic rings. The second-order valence-electron chi connectivity index (χ2n) is 3.68. The zero-order valence-corrected chi connectivity index (χ0v) is 11.7. The number of carbonyl (C=O) groups excluding carboxylic acids is 1. The van der Waals surface area contributed by atoms with Gasteiger partial charge in [-0.2, -0.15) is 0 Å². The number of aryl methyl sites for hydroxylation is 1. The lowest BCUT2D eigenvalue weighted by Crippen LogP contribution is -2.32. The Balaban J connectivity index is 0.00000289. The second-order valence-corrected chi connectivity index (χ2v) is 4.12. The summed E-state index contributed by atoms with van der Waals surface area (Å²) in [6, 6.07) is 3.87. The van der Waals surface area contributed by atoms with Gasteiger partial charge in [-0.15, -0.1) is 12.4 Å². The van der Waals surface area contributed by atoms with Crippen LogP contribution in [0.25, 0.3) is 0 Å². The van der Waals surface area contributed by atoms with E-state index in [2.05, 4.69) is 4.74 Å². The fourth-order valence-electron chi connectivity index (χ4n) is 1.54. The van der Waals surface area contributed by atoms with Crippen LogP contribution in [0.3, 0.4) is 0 Å². The largest absolute Gasteiger partial charge is 0.464 e. The van der Waals surface area contributed by atoms with E-state index in [0.29, 0.717) is 10.6 Å². The standard InChI is InChI=1S/C12H15ClFNO2.ClH/c1-3-17-12(16)10(14)11(15)9-5-4-8(13)6-7(9)2;/h4-6,10-11H,3,15H2,1-2H3;1H/t10?,11-;/m1./s1. The molecular formula is C12H16Cl2FNO2. The topological polar surface area (TPSA) is 52.3 Å². The zero-order chi connectivity index (χ0) is 13.0. The van der Waals surface area contributed by atoms with E-state index in [1.165, 1.54) is 0 Å². The molecule has 1 aromatic rings. The first kappa shape index (κ1) is 17.2. The highest BCUT2D eigenvalue weighted by molar-refractivity contribution is 6.30. The molecule has 2 N–H and O–H groups in total. The van der Waals surface area contributed by atoms with E-state index in [1.54, 1.807) is 32.0 Å². The van der Waals surface area contributed by atoms with Gasteiger partial charge in [0.25, 0.3) is 0 Å². The van der Waals surface area contributed by atoms with Crippen LogP contribution in [0.5, 0.6) is 0 Å². The van der Waals surface area contributed by atoms with E-state index in [1.807, 2.05) is 0 Å². The molecule has 0 amide bonds. The maximum atomic E-state index is 13.7. The number of esters is 1. The van der Waals surface area contributed by atoms with E-state index in [-0.39, 0.29) is 19.0 Å². The van der Waals surface area contributed by atoms with E-state index in [0.717, 1.165) is 5.56 Å². The Kier molecular flexibility index (Phi) is 7.21. The summed E-state index contributed by atoms with van der Waals surface area (Å²) >= 11 is 5.79. The van der Waals surface area contributed by atoms with Crippen molar-refractivity contribution in [1.29, 1.82) is 0 Å². The van der Waals surface area contributed by atoms with Crippen molar-refractivity contribution in [2.24, 2.45) is 5.73 Å².